The van der Waals surface area contributed by atoms with Crippen LogP contribution in [0.25, 0.3) is 0 Å². The summed E-state index contributed by atoms with van der Waals surface area (Å²) in [6, 6.07) is 4.99. The number of sulfonamides is 1. The molecule has 1 aromatic rings. The summed E-state index contributed by atoms with van der Waals surface area (Å²) < 4.78 is 25.8. The molecule has 2 N–H and O–H groups in total. The number of hydrogen-bond donors (Lipinski definition) is 2. The maximum Gasteiger partial charge on any atom is 0.242 e. The van der Waals surface area contributed by atoms with Crippen molar-refractivity contribution in [2.24, 2.45) is 5.92 Å². The van der Waals surface area contributed by atoms with Crippen LogP contribution in [0.3, 0.4) is 0 Å². The summed E-state index contributed by atoms with van der Waals surface area (Å²) >= 11 is 0. The summed E-state index contributed by atoms with van der Waals surface area (Å²) in [5, 5.41) is 6.10. The van der Waals surface area contributed by atoms with Crippen LogP contribution >= 0.6 is 12.4 Å². The molecule has 0 aromatic heterocycles. The third kappa shape index (κ3) is 5.17. The first-order chi connectivity index (χ1) is 10.8. The molecule has 1 fully saturated rings. The average Bonchev–Trinajstić information content (AvgIpc) is 2.49. The van der Waals surface area contributed by atoms with Gasteiger partial charge in [-0.2, -0.15) is 0 Å². The van der Waals surface area contributed by atoms with Gasteiger partial charge in [-0.15, -0.1) is 12.4 Å². The van der Waals surface area contributed by atoms with E-state index in [0.717, 1.165) is 25.9 Å². The van der Waals surface area contributed by atoms with Crippen molar-refractivity contribution in [3.8, 4) is 0 Å². The van der Waals surface area contributed by atoms with Crippen LogP contribution in [0.5, 0.6) is 0 Å². The standard InChI is InChI=1S/C16H25N3O3S.ClH/c1-12-4-5-14(11-15(12)23(21,22)19(2)3)18-16(20)10-13-6-8-17-9-7-13;/h4-5,11,13,17H,6-10H2,1-3H3,(H,18,20);1H. The van der Waals surface area contributed by atoms with Crippen LogP contribution in [0.1, 0.15) is 24.8 Å². The van der Waals surface area contributed by atoms with E-state index in [1.165, 1.54) is 24.5 Å². The second-order valence-electron chi connectivity index (χ2n) is 6.21. The molecule has 24 heavy (non-hydrogen) atoms. The van der Waals surface area contributed by atoms with Gasteiger partial charge in [0.2, 0.25) is 15.9 Å². The van der Waals surface area contributed by atoms with E-state index in [1.807, 2.05) is 0 Å². The number of carbonyl (C=O) groups excluding carboxylic acids is 1. The van der Waals surface area contributed by atoms with Gasteiger partial charge in [-0.1, -0.05) is 6.07 Å². The summed E-state index contributed by atoms with van der Waals surface area (Å²) in [4.78, 5) is 12.4. The number of benzene rings is 1. The highest BCUT2D eigenvalue weighted by atomic mass is 35.5. The van der Waals surface area contributed by atoms with Gasteiger partial charge in [0.25, 0.3) is 0 Å². The predicted molar refractivity (Wildman–Crippen MR) is 98.1 cm³/mol. The molecular weight excluding hydrogens is 350 g/mol. The van der Waals surface area contributed by atoms with E-state index < -0.39 is 10.0 Å². The van der Waals surface area contributed by atoms with E-state index in [2.05, 4.69) is 10.6 Å². The lowest BCUT2D eigenvalue weighted by Gasteiger charge is -2.22. The molecule has 6 nitrogen and oxygen atoms in total. The van der Waals surface area contributed by atoms with E-state index in [-0.39, 0.29) is 23.2 Å². The second-order valence-corrected chi connectivity index (χ2v) is 8.33. The minimum absolute atomic E-state index is 0. The highest BCUT2D eigenvalue weighted by Gasteiger charge is 2.21. The molecule has 0 unspecified atom stereocenters. The van der Waals surface area contributed by atoms with E-state index >= 15 is 0 Å². The van der Waals surface area contributed by atoms with Gasteiger partial charge in [0.05, 0.1) is 4.90 Å². The van der Waals surface area contributed by atoms with Crippen molar-refractivity contribution >= 4 is 34.0 Å². The van der Waals surface area contributed by atoms with Crippen molar-refractivity contribution in [2.75, 3.05) is 32.5 Å². The Morgan fingerprint density at radius 2 is 1.92 bits per heavy atom. The summed E-state index contributed by atoms with van der Waals surface area (Å²) in [5.41, 5.74) is 1.19. The van der Waals surface area contributed by atoms with E-state index in [4.69, 9.17) is 0 Å². The van der Waals surface area contributed by atoms with Gasteiger partial charge in [-0.3, -0.25) is 4.79 Å². The Bertz CT molecular complexity index is 671. The smallest absolute Gasteiger partial charge is 0.242 e. The Morgan fingerprint density at radius 1 is 1.29 bits per heavy atom. The molecule has 1 saturated heterocycles. The van der Waals surface area contributed by atoms with Gasteiger partial charge in [0, 0.05) is 26.2 Å². The molecule has 2 rings (SSSR count). The minimum atomic E-state index is -3.52. The number of piperidine rings is 1. The largest absolute Gasteiger partial charge is 0.326 e. The zero-order chi connectivity index (χ0) is 17.0. The first-order valence-electron chi connectivity index (χ1n) is 7.84. The Morgan fingerprint density at radius 3 is 2.50 bits per heavy atom. The molecule has 0 aliphatic carbocycles. The number of rotatable bonds is 5. The Hall–Kier alpha value is -1.15. The fourth-order valence-corrected chi connectivity index (χ4v) is 3.86. The molecule has 0 bridgehead atoms. The summed E-state index contributed by atoms with van der Waals surface area (Å²) in [5.74, 6) is 0.334. The highest BCUT2D eigenvalue weighted by molar-refractivity contribution is 7.89. The second kappa shape index (κ2) is 8.80. The molecule has 1 heterocycles. The third-order valence-electron chi connectivity index (χ3n) is 4.16. The minimum Gasteiger partial charge on any atom is -0.326 e. The molecule has 0 atom stereocenters. The maximum atomic E-state index is 12.3. The Balaban J connectivity index is 0.00000288. The lowest BCUT2D eigenvalue weighted by Crippen LogP contribution is -2.30. The van der Waals surface area contributed by atoms with Gasteiger partial charge >= 0.3 is 0 Å². The van der Waals surface area contributed by atoms with Crippen molar-refractivity contribution in [3.05, 3.63) is 23.8 Å². The number of halogens is 1. The van der Waals surface area contributed by atoms with Gasteiger partial charge in [-0.25, -0.2) is 12.7 Å². The number of nitrogens with zero attached hydrogens (tertiary/aromatic N) is 1. The highest BCUT2D eigenvalue weighted by Crippen LogP contribution is 2.23. The fourth-order valence-electron chi connectivity index (χ4n) is 2.71. The van der Waals surface area contributed by atoms with Crippen LogP contribution in [0, 0.1) is 12.8 Å². The van der Waals surface area contributed by atoms with Crippen LogP contribution in [0.2, 0.25) is 0 Å². The molecule has 1 aromatic carbocycles. The van der Waals surface area contributed by atoms with Crippen LogP contribution < -0.4 is 10.6 Å². The van der Waals surface area contributed by atoms with Crippen molar-refractivity contribution < 1.29 is 13.2 Å². The zero-order valence-corrected chi connectivity index (χ0v) is 16.0. The molecule has 1 amide bonds. The number of hydrogen-bond acceptors (Lipinski definition) is 4. The molecule has 1 aliphatic rings. The number of nitrogens with one attached hydrogen (secondary N) is 2. The molecule has 8 heteroatoms. The van der Waals surface area contributed by atoms with Gasteiger partial charge < -0.3 is 10.6 Å². The summed E-state index contributed by atoms with van der Waals surface area (Å²) in [6.07, 6.45) is 2.48. The lowest BCUT2D eigenvalue weighted by molar-refractivity contribution is -0.117. The Labute approximate surface area is 150 Å². The molecule has 1 aliphatic heterocycles. The van der Waals surface area contributed by atoms with Gasteiger partial charge in [0.1, 0.15) is 0 Å². The van der Waals surface area contributed by atoms with Crippen LogP contribution in [-0.4, -0.2) is 45.8 Å². The molecule has 0 saturated carbocycles. The fraction of sp³-hybridized carbons (Fsp3) is 0.562. The monoisotopic (exact) mass is 375 g/mol. The maximum absolute atomic E-state index is 12.3. The van der Waals surface area contributed by atoms with E-state index in [1.54, 1.807) is 19.1 Å². The summed E-state index contributed by atoms with van der Waals surface area (Å²) in [6.45, 7) is 3.65. The molecule has 0 spiro atoms. The zero-order valence-electron chi connectivity index (χ0n) is 14.3. The SMILES string of the molecule is Cc1ccc(NC(=O)CC2CCNCC2)cc1S(=O)(=O)N(C)C.Cl. The van der Waals surface area contributed by atoms with Gasteiger partial charge in [0.15, 0.2) is 0 Å². The normalized spacial score (nSPS) is 15.8. The van der Waals surface area contributed by atoms with Gasteiger partial charge in [-0.05, 0) is 56.5 Å². The van der Waals surface area contributed by atoms with Crippen LogP contribution in [0.4, 0.5) is 5.69 Å². The van der Waals surface area contributed by atoms with E-state index in [0.29, 0.717) is 23.6 Å². The first kappa shape index (κ1) is 20.9. The number of anilines is 1. The van der Waals surface area contributed by atoms with Crippen molar-refractivity contribution in [3.63, 3.8) is 0 Å². The number of aryl methyl sites for hydroxylation is 1. The number of amides is 1. The summed E-state index contributed by atoms with van der Waals surface area (Å²) in [7, 11) is -0.525. The van der Waals surface area contributed by atoms with Crippen LogP contribution in [-0.2, 0) is 14.8 Å². The Kier molecular flexibility index (Phi) is 7.66. The van der Waals surface area contributed by atoms with Crippen LogP contribution in [0.15, 0.2) is 23.1 Å². The molecule has 0 radical (unpaired) electrons. The van der Waals surface area contributed by atoms with Crippen molar-refractivity contribution in [2.45, 2.75) is 31.1 Å². The quantitative estimate of drug-likeness (QED) is 0.825. The third-order valence-corrected chi connectivity index (χ3v) is 6.12. The topological polar surface area (TPSA) is 78.5 Å². The predicted octanol–water partition coefficient (Wildman–Crippen LogP) is 2.00. The lowest BCUT2D eigenvalue weighted by atomic mass is 9.94. The first-order valence-corrected chi connectivity index (χ1v) is 9.28. The molecule has 136 valence electrons. The van der Waals surface area contributed by atoms with Crippen molar-refractivity contribution in [1.29, 1.82) is 0 Å². The van der Waals surface area contributed by atoms with E-state index in [9.17, 15) is 13.2 Å². The van der Waals surface area contributed by atoms with Crippen molar-refractivity contribution in [1.82, 2.24) is 9.62 Å². The number of carbonyl (C=O) groups is 1. The average molecular weight is 376 g/mol. The molecular formula is C16H26ClN3O3S.